The highest BCUT2D eigenvalue weighted by molar-refractivity contribution is 5.96. The van der Waals surface area contributed by atoms with E-state index in [-0.39, 0.29) is 0 Å². The van der Waals surface area contributed by atoms with Crippen molar-refractivity contribution in [3.63, 3.8) is 0 Å². The molecule has 0 radical (unpaired) electrons. The number of nitrogens with one attached hydrogen (secondary N) is 2. The van der Waals surface area contributed by atoms with Crippen LogP contribution in [0.3, 0.4) is 0 Å². The third-order valence-corrected chi connectivity index (χ3v) is 5.87. The number of morpholine rings is 1. The number of ether oxygens (including phenoxy) is 2. The summed E-state index contributed by atoms with van der Waals surface area (Å²) in [6.07, 6.45) is 5.28. The molecular weight excluding hydrogens is 414 g/mol. The van der Waals surface area contributed by atoms with Gasteiger partial charge in [-0.1, -0.05) is 18.2 Å². The monoisotopic (exact) mass is 439 g/mol. The maximum Gasteiger partial charge on any atom is 0.119 e. The summed E-state index contributed by atoms with van der Waals surface area (Å²) in [6, 6.07) is 18.2. The van der Waals surface area contributed by atoms with E-state index in [1.807, 2.05) is 54.7 Å². The molecular formula is C26H25N5O2. The normalized spacial score (nSPS) is 14.2. The molecule has 7 heteroatoms. The van der Waals surface area contributed by atoms with Gasteiger partial charge in [0, 0.05) is 60.4 Å². The smallest absolute Gasteiger partial charge is 0.119 e. The Balaban J connectivity index is 1.35. The topological polar surface area (TPSA) is 86.2 Å². The number of rotatable bonds is 7. The summed E-state index contributed by atoms with van der Waals surface area (Å²) in [7, 11) is 0. The second-order valence-corrected chi connectivity index (χ2v) is 7.92. The molecule has 1 saturated heterocycles. The van der Waals surface area contributed by atoms with Gasteiger partial charge in [-0.15, -0.1) is 0 Å². The average Bonchev–Trinajstić information content (AvgIpc) is 3.35. The van der Waals surface area contributed by atoms with E-state index in [0.29, 0.717) is 12.2 Å². The zero-order valence-corrected chi connectivity index (χ0v) is 18.3. The fourth-order valence-electron chi connectivity index (χ4n) is 4.08. The van der Waals surface area contributed by atoms with Crippen LogP contribution in [-0.4, -0.2) is 54.3 Å². The van der Waals surface area contributed by atoms with Crippen molar-refractivity contribution < 1.29 is 9.47 Å². The van der Waals surface area contributed by atoms with Crippen LogP contribution in [0.5, 0.6) is 5.75 Å². The molecule has 0 atom stereocenters. The van der Waals surface area contributed by atoms with Crippen LogP contribution in [0, 0.1) is 11.3 Å². The van der Waals surface area contributed by atoms with Crippen LogP contribution in [0.2, 0.25) is 0 Å². The van der Waals surface area contributed by atoms with Gasteiger partial charge in [-0.05, 0) is 35.9 Å². The van der Waals surface area contributed by atoms with E-state index in [9.17, 15) is 5.26 Å². The number of hydrogen-bond donors (Lipinski definition) is 2. The molecule has 5 rings (SSSR count). The lowest BCUT2D eigenvalue weighted by atomic mass is 10.0. The largest absolute Gasteiger partial charge is 0.492 e. The minimum absolute atomic E-state index is 0.492. The predicted molar refractivity (Wildman–Crippen MR) is 129 cm³/mol. The van der Waals surface area contributed by atoms with Gasteiger partial charge in [0.15, 0.2) is 0 Å². The number of aromatic amines is 1. The number of fused-ring (bicyclic) bond motifs is 1. The van der Waals surface area contributed by atoms with Crippen molar-refractivity contribution in [2.75, 3.05) is 44.8 Å². The maximum atomic E-state index is 9.72. The summed E-state index contributed by atoms with van der Waals surface area (Å²) >= 11 is 0. The third-order valence-electron chi connectivity index (χ3n) is 5.87. The van der Waals surface area contributed by atoms with Crippen molar-refractivity contribution in [1.82, 2.24) is 14.9 Å². The predicted octanol–water partition coefficient (Wildman–Crippen LogP) is 4.56. The quantitative estimate of drug-likeness (QED) is 0.439. The molecule has 33 heavy (non-hydrogen) atoms. The molecule has 0 amide bonds. The van der Waals surface area contributed by atoms with Gasteiger partial charge in [0.25, 0.3) is 0 Å². The molecule has 1 aliphatic rings. The van der Waals surface area contributed by atoms with E-state index in [2.05, 4.69) is 26.3 Å². The molecule has 0 saturated carbocycles. The number of anilines is 2. The molecule has 0 unspecified atom stereocenters. The Morgan fingerprint density at radius 2 is 1.94 bits per heavy atom. The summed E-state index contributed by atoms with van der Waals surface area (Å²) in [5, 5.41) is 14.3. The molecule has 166 valence electrons. The summed E-state index contributed by atoms with van der Waals surface area (Å²) in [5.41, 5.74) is 5.02. The Kier molecular flexibility index (Phi) is 6.20. The lowest BCUT2D eigenvalue weighted by Crippen LogP contribution is -2.38. The van der Waals surface area contributed by atoms with Gasteiger partial charge in [0.2, 0.25) is 0 Å². The SMILES string of the molecule is N#Cc1cncc(-c2ccc(OCCN3CCOCC3)cc2)c1Nc1cccc2[nH]ccc12. The van der Waals surface area contributed by atoms with E-state index in [0.717, 1.165) is 72.0 Å². The molecule has 2 aromatic heterocycles. The highest BCUT2D eigenvalue weighted by atomic mass is 16.5. The number of hydrogen-bond acceptors (Lipinski definition) is 6. The van der Waals surface area contributed by atoms with Gasteiger partial charge in [0.1, 0.15) is 18.4 Å². The van der Waals surface area contributed by atoms with Crippen LogP contribution in [0.15, 0.2) is 67.1 Å². The first kappa shape index (κ1) is 21.0. The fraction of sp³-hybridized carbons (Fsp3) is 0.231. The van der Waals surface area contributed by atoms with Crippen LogP contribution >= 0.6 is 0 Å². The lowest BCUT2D eigenvalue weighted by molar-refractivity contribution is 0.0322. The standard InChI is InChI=1S/C26H25N5O2/c27-16-20-17-28-18-23(26(20)30-25-3-1-2-24-22(25)8-9-29-24)19-4-6-21(7-5-19)33-15-12-31-10-13-32-14-11-31/h1-9,17-18,29H,10-15H2,(H,28,30). The maximum absolute atomic E-state index is 9.72. The van der Waals surface area contributed by atoms with E-state index in [1.165, 1.54) is 0 Å². The number of aromatic nitrogens is 2. The van der Waals surface area contributed by atoms with Gasteiger partial charge in [0.05, 0.1) is 24.5 Å². The van der Waals surface area contributed by atoms with Gasteiger partial charge >= 0.3 is 0 Å². The van der Waals surface area contributed by atoms with Crippen LogP contribution in [-0.2, 0) is 4.74 Å². The van der Waals surface area contributed by atoms with Crippen molar-refractivity contribution in [3.05, 3.63) is 72.7 Å². The second-order valence-electron chi connectivity index (χ2n) is 7.92. The molecule has 2 aromatic carbocycles. The Bertz CT molecular complexity index is 1270. The molecule has 1 aliphatic heterocycles. The zero-order chi connectivity index (χ0) is 22.5. The Hall–Kier alpha value is -3.86. The van der Waals surface area contributed by atoms with Crippen molar-refractivity contribution in [2.24, 2.45) is 0 Å². The highest BCUT2D eigenvalue weighted by Gasteiger charge is 2.14. The summed E-state index contributed by atoms with van der Waals surface area (Å²) in [4.78, 5) is 9.87. The number of benzene rings is 2. The number of nitrogens with zero attached hydrogens (tertiary/aromatic N) is 3. The van der Waals surface area contributed by atoms with Crippen LogP contribution < -0.4 is 10.1 Å². The first-order valence-corrected chi connectivity index (χ1v) is 11.1. The van der Waals surface area contributed by atoms with Crippen molar-refractivity contribution in [1.29, 1.82) is 5.26 Å². The number of pyridine rings is 1. The van der Waals surface area contributed by atoms with Crippen LogP contribution in [0.25, 0.3) is 22.0 Å². The Morgan fingerprint density at radius 3 is 2.76 bits per heavy atom. The van der Waals surface area contributed by atoms with Crippen molar-refractivity contribution >= 4 is 22.3 Å². The summed E-state index contributed by atoms with van der Waals surface area (Å²) in [5.74, 6) is 0.822. The van der Waals surface area contributed by atoms with Gasteiger partial charge < -0.3 is 19.8 Å². The Labute approximate surface area is 192 Å². The van der Waals surface area contributed by atoms with E-state index >= 15 is 0 Å². The van der Waals surface area contributed by atoms with Crippen molar-refractivity contribution in [3.8, 4) is 22.9 Å². The summed E-state index contributed by atoms with van der Waals surface area (Å²) < 4.78 is 11.3. The van der Waals surface area contributed by atoms with Crippen LogP contribution in [0.1, 0.15) is 5.56 Å². The molecule has 0 aliphatic carbocycles. The number of nitriles is 1. The minimum Gasteiger partial charge on any atom is -0.492 e. The van der Waals surface area contributed by atoms with E-state index < -0.39 is 0 Å². The Morgan fingerprint density at radius 1 is 1.09 bits per heavy atom. The molecule has 0 spiro atoms. The molecule has 2 N–H and O–H groups in total. The van der Waals surface area contributed by atoms with E-state index in [1.54, 1.807) is 12.4 Å². The lowest BCUT2D eigenvalue weighted by Gasteiger charge is -2.26. The summed E-state index contributed by atoms with van der Waals surface area (Å²) in [6.45, 7) is 5.02. The minimum atomic E-state index is 0.492. The molecule has 1 fully saturated rings. The number of H-pyrrole nitrogens is 1. The van der Waals surface area contributed by atoms with Gasteiger partial charge in [-0.25, -0.2) is 0 Å². The third kappa shape index (κ3) is 4.67. The average molecular weight is 440 g/mol. The molecule has 0 bridgehead atoms. The van der Waals surface area contributed by atoms with Gasteiger partial charge in [-0.2, -0.15) is 5.26 Å². The van der Waals surface area contributed by atoms with E-state index in [4.69, 9.17) is 9.47 Å². The van der Waals surface area contributed by atoms with Crippen molar-refractivity contribution in [2.45, 2.75) is 0 Å². The highest BCUT2D eigenvalue weighted by Crippen LogP contribution is 2.35. The van der Waals surface area contributed by atoms with Gasteiger partial charge in [-0.3, -0.25) is 9.88 Å². The molecule has 7 nitrogen and oxygen atoms in total. The first-order valence-electron chi connectivity index (χ1n) is 11.1. The second kappa shape index (κ2) is 9.74. The zero-order valence-electron chi connectivity index (χ0n) is 18.3. The fourth-order valence-corrected chi connectivity index (χ4v) is 4.08. The van der Waals surface area contributed by atoms with Crippen LogP contribution in [0.4, 0.5) is 11.4 Å². The first-order chi connectivity index (χ1) is 16.3. The molecule has 4 aromatic rings. The molecule has 3 heterocycles.